The summed E-state index contributed by atoms with van der Waals surface area (Å²) in [6.45, 7) is 4.92. The van der Waals surface area contributed by atoms with Gasteiger partial charge in [-0.3, -0.25) is 9.52 Å². The van der Waals surface area contributed by atoms with Crippen LogP contribution in [0.5, 0.6) is 11.5 Å². The van der Waals surface area contributed by atoms with Gasteiger partial charge in [0.05, 0.1) is 17.9 Å². The van der Waals surface area contributed by atoms with Crippen molar-refractivity contribution in [1.29, 1.82) is 0 Å². The van der Waals surface area contributed by atoms with Gasteiger partial charge in [-0.15, -0.1) is 0 Å². The number of alkyl halides is 1. The molecule has 0 aliphatic heterocycles. The molecule has 0 aromatic heterocycles. The Kier molecular flexibility index (Phi) is 8.29. The lowest BCUT2D eigenvalue weighted by atomic mass is 9.79. The molecule has 8 nitrogen and oxygen atoms in total. The van der Waals surface area contributed by atoms with Gasteiger partial charge in [-0.25, -0.2) is 8.42 Å². The Morgan fingerprint density at radius 2 is 1.91 bits per heavy atom. The number of carbonyl (C=O) groups is 1. The standard InChI is InChI=1S/C24H32FN2O6PS/c1-4-32-20-15-17(26-22(28)16-10-12-23(2,29)13-11-16)8-9-21(20)35(30,31)27-18-6-5-7-19(14-18)33-24(3,25)34/h5-9,14-16,27,29H,4,10-13,34H2,1-3H3,(H,26,28)/t16-,23+,24?. The summed E-state index contributed by atoms with van der Waals surface area (Å²) in [5.41, 5.74) is -2.15. The van der Waals surface area contributed by atoms with Crippen LogP contribution < -0.4 is 19.5 Å². The number of aliphatic hydroxyl groups is 1. The summed E-state index contributed by atoms with van der Waals surface area (Å²) in [5, 5.41) is 12.9. The highest BCUT2D eigenvalue weighted by molar-refractivity contribution is 7.92. The Hall–Kier alpha value is -2.42. The van der Waals surface area contributed by atoms with Gasteiger partial charge in [-0.1, -0.05) is 15.3 Å². The van der Waals surface area contributed by atoms with Crippen molar-refractivity contribution in [2.75, 3.05) is 16.6 Å². The van der Waals surface area contributed by atoms with Gasteiger partial charge in [0, 0.05) is 30.7 Å². The van der Waals surface area contributed by atoms with Crippen LogP contribution in [0.4, 0.5) is 15.8 Å². The maximum atomic E-state index is 13.8. The number of benzene rings is 2. The first kappa shape index (κ1) is 27.2. The fourth-order valence-corrected chi connectivity index (χ4v) is 5.20. The number of rotatable bonds is 9. The van der Waals surface area contributed by atoms with Gasteiger partial charge in [0.25, 0.3) is 15.6 Å². The highest BCUT2D eigenvalue weighted by Crippen LogP contribution is 2.34. The fraction of sp³-hybridized carbons (Fsp3) is 0.458. The number of nitrogens with one attached hydrogen (secondary N) is 2. The van der Waals surface area contributed by atoms with Crippen LogP contribution in [0.2, 0.25) is 0 Å². The lowest BCUT2D eigenvalue weighted by molar-refractivity contribution is -0.122. The zero-order chi connectivity index (χ0) is 25.9. The lowest BCUT2D eigenvalue weighted by Crippen LogP contribution is -2.35. The van der Waals surface area contributed by atoms with E-state index in [1.165, 1.54) is 49.4 Å². The van der Waals surface area contributed by atoms with Crippen molar-refractivity contribution in [1.82, 2.24) is 0 Å². The molecule has 0 radical (unpaired) electrons. The zero-order valence-electron chi connectivity index (χ0n) is 20.0. The summed E-state index contributed by atoms with van der Waals surface area (Å²) >= 11 is 0. The third-order valence-corrected chi connectivity index (χ3v) is 7.18. The average molecular weight is 527 g/mol. The minimum Gasteiger partial charge on any atom is -0.492 e. The van der Waals surface area contributed by atoms with Crippen molar-refractivity contribution >= 4 is 36.5 Å². The number of anilines is 2. The lowest BCUT2D eigenvalue weighted by Gasteiger charge is -2.32. The van der Waals surface area contributed by atoms with E-state index in [1.54, 1.807) is 13.8 Å². The molecule has 1 aliphatic rings. The predicted molar refractivity (Wildman–Crippen MR) is 136 cm³/mol. The molecule has 35 heavy (non-hydrogen) atoms. The number of amides is 1. The van der Waals surface area contributed by atoms with Gasteiger partial charge in [0.2, 0.25) is 5.91 Å². The van der Waals surface area contributed by atoms with Gasteiger partial charge in [0.1, 0.15) is 16.4 Å². The number of hydrogen-bond donors (Lipinski definition) is 3. The number of carbonyl (C=O) groups excluding carboxylic acids is 1. The monoisotopic (exact) mass is 526 g/mol. The summed E-state index contributed by atoms with van der Waals surface area (Å²) in [7, 11) is -2.17. The molecular weight excluding hydrogens is 494 g/mol. The van der Waals surface area contributed by atoms with E-state index in [4.69, 9.17) is 9.47 Å². The normalized spacial score (nSPS) is 22.1. The molecule has 3 N–H and O–H groups in total. The zero-order valence-corrected chi connectivity index (χ0v) is 22.0. The van der Waals surface area contributed by atoms with Crippen molar-refractivity contribution in [3.8, 4) is 11.5 Å². The Bertz CT molecular complexity index is 1160. The van der Waals surface area contributed by atoms with Crippen LogP contribution in [0.1, 0.15) is 46.5 Å². The van der Waals surface area contributed by atoms with E-state index in [0.29, 0.717) is 31.4 Å². The molecule has 0 bridgehead atoms. The molecule has 1 fully saturated rings. The summed E-state index contributed by atoms with van der Waals surface area (Å²) < 4.78 is 53.1. The van der Waals surface area contributed by atoms with E-state index >= 15 is 0 Å². The van der Waals surface area contributed by atoms with E-state index in [1.807, 2.05) is 9.24 Å². The van der Waals surface area contributed by atoms with E-state index in [2.05, 4.69) is 10.0 Å². The molecule has 1 amide bonds. The third kappa shape index (κ3) is 7.78. The summed E-state index contributed by atoms with van der Waals surface area (Å²) in [6, 6.07) is 10.3. The molecular formula is C24H32FN2O6PS. The third-order valence-electron chi connectivity index (χ3n) is 5.64. The highest BCUT2D eigenvalue weighted by Gasteiger charge is 2.32. The minimum atomic E-state index is -4.08. The van der Waals surface area contributed by atoms with Crippen LogP contribution in [0, 0.1) is 5.92 Å². The molecule has 2 aromatic carbocycles. The van der Waals surface area contributed by atoms with Crippen LogP contribution in [-0.4, -0.2) is 37.2 Å². The number of halogens is 1. The van der Waals surface area contributed by atoms with Crippen molar-refractivity contribution in [2.24, 2.45) is 5.92 Å². The van der Waals surface area contributed by atoms with Crippen molar-refractivity contribution < 1.29 is 32.2 Å². The molecule has 2 aromatic rings. The molecule has 0 saturated heterocycles. The van der Waals surface area contributed by atoms with Gasteiger partial charge in [-0.05, 0) is 63.8 Å². The predicted octanol–water partition coefficient (Wildman–Crippen LogP) is 4.66. The largest absolute Gasteiger partial charge is 0.492 e. The SMILES string of the molecule is CCOc1cc(NC(=O)[C@H]2CC[C@@](C)(O)CC2)ccc1S(=O)(=O)Nc1cccc(OC(C)(F)P)c1. The van der Waals surface area contributed by atoms with Gasteiger partial charge in [-0.2, -0.15) is 4.39 Å². The molecule has 0 heterocycles. The Balaban J connectivity index is 1.78. The molecule has 3 rings (SSSR count). The molecule has 1 aliphatic carbocycles. The van der Waals surface area contributed by atoms with Crippen LogP contribution in [0.3, 0.4) is 0 Å². The topological polar surface area (TPSA) is 114 Å². The smallest absolute Gasteiger partial charge is 0.265 e. The maximum absolute atomic E-state index is 13.8. The fourth-order valence-electron chi connectivity index (χ4n) is 3.89. The second-order valence-electron chi connectivity index (χ2n) is 9.08. The van der Waals surface area contributed by atoms with Gasteiger partial charge in [0.15, 0.2) is 0 Å². The van der Waals surface area contributed by atoms with Gasteiger partial charge >= 0.3 is 0 Å². The summed E-state index contributed by atoms with van der Waals surface area (Å²) in [4.78, 5) is 12.6. The molecule has 0 spiro atoms. The van der Waals surface area contributed by atoms with Crippen molar-refractivity contribution in [2.45, 2.75) is 62.5 Å². The van der Waals surface area contributed by atoms with Crippen LogP contribution >= 0.6 is 9.24 Å². The van der Waals surface area contributed by atoms with E-state index in [9.17, 15) is 22.7 Å². The number of sulfonamides is 1. The van der Waals surface area contributed by atoms with Crippen LogP contribution in [0.15, 0.2) is 47.4 Å². The molecule has 1 saturated carbocycles. The maximum Gasteiger partial charge on any atom is 0.265 e. The minimum absolute atomic E-state index is 0.0815. The summed E-state index contributed by atoms with van der Waals surface area (Å²) in [5.74, 6) is -0.170. The van der Waals surface area contributed by atoms with Gasteiger partial charge < -0.3 is 19.9 Å². The Morgan fingerprint density at radius 3 is 2.54 bits per heavy atom. The molecule has 2 atom stereocenters. The molecule has 11 heteroatoms. The first-order chi connectivity index (χ1) is 16.3. The second kappa shape index (κ2) is 10.7. The number of ether oxygens (including phenoxy) is 2. The van der Waals surface area contributed by atoms with E-state index in [-0.39, 0.29) is 40.5 Å². The van der Waals surface area contributed by atoms with Crippen molar-refractivity contribution in [3.05, 3.63) is 42.5 Å². The first-order valence-electron chi connectivity index (χ1n) is 11.4. The van der Waals surface area contributed by atoms with E-state index in [0.717, 1.165) is 0 Å². The quantitative estimate of drug-likeness (QED) is 0.410. The Labute approximate surface area is 207 Å². The van der Waals surface area contributed by atoms with Crippen LogP contribution in [0.25, 0.3) is 0 Å². The summed E-state index contributed by atoms with van der Waals surface area (Å²) in [6.07, 6.45) is 2.25. The first-order valence-corrected chi connectivity index (χ1v) is 13.4. The molecule has 192 valence electrons. The molecule has 2 unspecified atom stereocenters. The second-order valence-corrected chi connectivity index (χ2v) is 11.8. The van der Waals surface area contributed by atoms with Crippen molar-refractivity contribution in [3.63, 3.8) is 0 Å². The Morgan fingerprint density at radius 1 is 1.23 bits per heavy atom. The average Bonchev–Trinajstić information content (AvgIpc) is 2.72. The van der Waals surface area contributed by atoms with E-state index < -0.39 is 21.2 Å². The number of hydrogen-bond acceptors (Lipinski definition) is 6. The van der Waals surface area contributed by atoms with Crippen LogP contribution in [-0.2, 0) is 14.8 Å². The highest BCUT2D eigenvalue weighted by atomic mass is 32.2.